The van der Waals surface area contributed by atoms with Crippen LogP contribution in [0.25, 0.3) is 0 Å². The zero-order chi connectivity index (χ0) is 16.1. The second-order valence-electron chi connectivity index (χ2n) is 5.59. The summed E-state index contributed by atoms with van der Waals surface area (Å²) in [7, 11) is -2.78. The second-order valence-corrected chi connectivity index (χ2v) is 8.29. The summed E-state index contributed by atoms with van der Waals surface area (Å²) in [5.74, 6) is -0.449. The van der Waals surface area contributed by atoms with E-state index >= 15 is 0 Å². The molecule has 22 heavy (non-hydrogen) atoms. The maximum absolute atomic E-state index is 13.1. The van der Waals surface area contributed by atoms with Gasteiger partial charge in [-0.15, -0.1) is 15.2 Å². The van der Waals surface area contributed by atoms with Crippen molar-refractivity contribution in [2.75, 3.05) is 25.0 Å². The van der Waals surface area contributed by atoms with Gasteiger partial charge in [-0.2, -0.15) is 13.7 Å². The average molecular weight is 343 g/mol. The minimum atomic E-state index is -4.76. The van der Waals surface area contributed by atoms with Crippen molar-refractivity contribution in [1.29, 1.82) is 5.26 Å². The molecule has 3 rings (SSSR count). The second kappa shape index (κ2) is 5.30. The van der Waals surface area contributed by atoms with Gasteiger partial charge in [0, 0.05) is 30.9 Å². The van der Waals surface area contributed by atoms with Crippen molar-refractivity contribution in [2.45, 2.75) is 24.6 Å². The van der Waals surface area contributed by atoms with Gasteiger partial charge in [-0.1, -0.05) is 0 Å². The predicted molar refractivity (Wildman–Crippen MR) is 79.9 cm³/mol. The van der Waals surface area contributed by atoms with Gasteiger partial charge in [0.15, 0.2) is 0 Å². The third kappa shape index (κ3) is 2.51. The Morgan fingerprint density at radius 2 is 2.18 bits per heavy atom. The lowest BCUT2D eigenvalue weighted by Crippen LogP contribution is -2.27. The highest BCUT2D eigenvalue weighted by atomic mass is 32.3. The standard InChI is InChI=1S/C13H14FN3O3S2/c1-16-3-2-9-10(5-15)13(21-11(9)7-16)17-6-8(4-12(17)18)22(14,19)20/h8H,2-4,6-7H2,1H3. The third-order valence-electron chi connectivity index (χ3n) is 4.07. The molecule has 1 fully saturated rings. The molecule has 1 aromatic heterocycles. The maximum atomic E-state index is 13.1. The molecule has 6 nitrogen and oxygen atoms in total. The van der Waals surface area contributed by atoms with Gasteiger partial charge in [0.1, 0.15) is 16.3 Å². The van der Waals surface area contributed by atoms with Crippen LogP contribution in [0.4, 0.5) is 8.89 Å². The number of carbonyl (C=O) groups excluding carboxylic acids is 1. The van der Waals surface area contributed by atoms with E-state index in [2.05, 4.69) is 11.0 Å². The van der Waals surface area contributed by atoms with Crippen LogP contribution < -0.4 is 4.90 Å². The van der Waals surface area contributed by atoms with E-state index in [-0.39, 0.29) is 13.0 Å². The molecular weight excluding hydrogens is 329 g/mol. The van der Waals surface area contributed by atoms with E-state index in [1.165, 1.54) is 16.2 Å². The molecule has 1 saturated heterocycles. The van der Waals surface area contributed by atoms with Crippen molar-refractivity contribution in [3.8, 4) is 6.07 Å². The Hall–Kier alpha value is -1.50. The number of amides is 1. The number of likely N-dealkylation sites (N-methyl/N-ethyl adjacent to an activating group) is 1. The molecule has 9 heteroatoms. The van der Waals surface area contributed by atoms with Crippen molar-refractivity contribution >= 4 is 32.5 Å². The number of anilines is 1. The van der Waals surface area contributed by atoms with Gasteiger partial charge < -0.3 is 9.80 Å². The number of nitriles is 1. The van der Waals surface area contributed by atoms with Crippen LogP contribution in [0.15, 0.2) is 0 Å². The van der Waals surface area contributed by atoms with Gasteiger partial charge in [0.2, 0.25) is 5.91 Å². The van der Waals surface area contributed by atoms with Crippen LogP contribution in [0.3, 0.4) is 0 Å². The van der Waals surface area contributed by atoms with Crippen molar-refractivity contribution in [3.05, 3.63) is 16.0 Å². The van der Waals surface area contributed by atoms with Crippen LogP contribution in [0.2, 0.25) is 0 Å². The SMILES string of the molecule is CN1CCc2c(sc(N3CC(S(=O)(=O)F)CC3=O)c2C#N)C1. The lowest BCUT2D eigenvalue weighted by atomic mass is 10.0. The van der Waals surface area contributed by atoms with Crippen molar-refractivity contribution in [1.82, 2.24) is 4.90 Å². The largest absolute Gasteiger partial charge is 0.307 e. The minimum Gasteiger partial charge on any atom is -0.301 e. The Kier molecular flexibility index (Phi) is 3.71. The summed E-state index contributed by atoms with van der Waals surface area (Å²) in [6, 6.07) is 2.12. The molecule has 0 saturated carbocycles. The molecule has 0 radical (unpaired) electrons. The molecule has 0 aliphatic carbocycles. The van der Waals surface area contributed by atoms with Crippen LogP contribution in [0.1, 0.15) is 22.4 Å². The minimum absolute atomic E-state index is 0.221. The fraction of sp³-hybridized carbons (Fsp3) is 0.538. The maximum Gasteiger partial charge on any atom is 0.307 e. The smallest absolute Gasteiger partial charge is 0.301 e. The molecule has 1 atom stereocenters. The van der Waals surface area contributed by atoms with Gasteiger partial charge in [-0.3, -0.25) is 4.79 Å². The van der Waals surface area contributed by atoms with E-state index in [0.29, 0.717) is 17.1 Å². The molecule has 3 heterocycles. The molecule has 0 spiro atoms. The summed E-state index contributed by atoms with van der Waals surface area (Å²) in [6.45, 7) is 1.30. The molecule has 0 bridgehead atoms. The zero-order valence-corrected chi connectivity index (χ0v) is 13.5. The van der Waals surface area contributed by atoms with Crippen LogP contribution >= 0.6 is 11.3 Å². The Labute approximate surface area is 132 Å². The predicted octanol–water partition coefficient (Wildman–Crippen LogP) is 1.01. The first-order chi connectivity index (χ1) is 10.3. The Morgan fingerprint density at radius 1 is 1.45 bits per heavy atom. The van der Waals surface area contributed by atoms with Crippen LogP contribution in [-0.2, 0) is 28.0 Å². The highest BCUT2D eigenvalue weighted by Crippen LogP contribution is 2.40. The first-order valence-electron chi connectivity index (χ1n) is 6.78. The third-order valence-corrected chi connectivity index (χ3v) is 6.43. The van der Waals surface area contributed by atoms with Crippen molar-refractivity contribution < 1.29 is 17.1 Å². The molecule has 2 aliphatic heterocycles. The molecular formula is C13H14FN3O3S2. The number of nitrogens with zero attached hydrogens (tertiary/aromatic N) is 3. The van der Waals surface area contributed by atoms with Crippen LogP contribution in [-0.4, -0.2) is 44.6 Å². The van der Waals surface area contributed by atoms with E-state index < -0.39 is 21.4 Å². The highest BCUT2D eigenvalue weighted by Gasteiger charge is 2.41. The fourth-order valence-corrected chi connectivity index (χ4v) is 4.95. The first-order valence-corrected chi connectivity index (χ1v) is 9.04. The number of hydrogen-bond acceptors (Lipinski definition) is 6. The summed E-state index contributed by atoms with van der Waals surface area (Å²) in [4.78, 5) is 16.4. The Bertz CT molecular complexity index is 781. The zero-order valence-electron chi connectivity index (χ0n) is 11.9. The molecule has 0 N–H and O–H groups in total. The first kappa shape index (κ1) is 15.4. The van der Waals surface area contributed by atoms with Crippen molar-refractivity contribution in [2.24, 2.45) is 0 Å². The lowest BCUT2D eigenvalue weighted by molar-refractivity contribution is -0.117. The van der Waals surface area contributed by atoms with E-state index in [4.69, 9.17) is 0 Å². The lowest BCUT2D eigenvalue weighted by Gasteiger charge is -2.21. The fourth-order valence-electron chi connectivity index (χ4n) is 2.88. The number of rotatable bonds is 2. The monoisotopic (exact) mass is 343 g/mol. The number of hydrogen-bond donors (Lipinski definition) is 0. The van der Waals surface area contributed by atoms with E-state index in [9.17, 15) is 22.4 Å². The van der Waals surface area contributed by atoms with E-state index in [0.717, 1.165) is 23.4 Å². The van der Waals surface area contributed by atoms with E-state index in [1.807, 2.05) is 7.05 Å². The Balaban J connectivity index is 2.00. The number of thiophene rings is 1. The van der Waals surface area contributed by atoms with Gasteiger partial charge in [0.05, 0.1) is 5.56 Å². The van der Waals surface area contributed by atoms with Gasteiger partial charge >= 0.3 is 10.2 Å². The number of fused-ring (bicyclic) bond motifs is 1. The Morgan fingerprint density at radius 3 is 2.77 bits per heavy atom. The summed E-state index contributed by atoms with van der Waals surface area (Å²) in [6.07, 6.45) is 0.351. The average Bonchev–Trinajstić information content (AvgIpc) is 2.97. The summed E-state index contributed by atoms with van der Waals surface area (Å²) < 4.78 is 35.2. The number of halogens is 1. The summed E-state index contributed by atoms with van der Waals surface area (Å²) in [5.41, 5.74) is 1.36. The van der Waals surface area contributed by atoms with E-state index in [1.54, 1.807) is 0 Å². The van der Waals surface area contributed by atoms with Gasteiger partial charge in [-0.25, -0.2) is 0 Å². The molecule has 2 aliphatic rings. The molecule has 1 aromatic rings. The molecule has 1 unspecified atom stereocenters. The topological polar surface area (TPSA) is 81.5 Å². The summed E-state index contributed by atoms with van der Waals surface area (Å²) >= 11 is 1.33. The number of carbonyl (C=O) groups is 1. The van der Waals surface area contributed by atoms with Crippen molar-refractivity contribution in [3.63, 3.8) is 0 Å². The summed E-state index contributed by atoms with van der Waals surface area (Å²) in [5, 5.41) is 8.53. The molecule has 118 valence electrons. The molecule has 1 amide bonds. The highest BCUT2D eigenvalue weighted by molar-refractivity contribution is 7.87. The quantitative estimate of drug-likeness (QED) is 0.749. The van der Waals surface area contributed by atoms with Gasteiger partial charge in [0.25, 0.3) is 0 Å². The normalized spacial score (nSPS) is 22.7. The van der Waals surface area contributed by atoms with Crippen LogP contribution in [0.5, 0.6) is 0 Å². The molecule has 0 aromatic carbocycles. The van der Waals surface area contributed by atoms with Gasteiger partial charge in [-0.05, 0) is 19.0 Å². The van der Waals surface area contributed by atoms with Crippen LogP contribution in [0, 0.1) is 11.3 Å².